The molecular weight excluding hydrogens is 458 g/mol. The number of amides is 1. The molecule has 0 unspecified atom stereocenters. The van der Waals surface area contributed by atoms with Gasteiger partial charge in [-0.15, -0.1) is 0 Å². The first-order chi connectivity index (χ1) is 16.4. The summed E-state index contributed by atoms with van der Waals surface area (Å²) in [6.45, 7) is 6.85. The number of nitrogens with one attached hydrogen (secondary N) is 1. The van der Waals surface area contributed by atoms with Crippen LogP contribution in [0.4, 0.5) is 0 Å². The number of benzene rings is 2. The third-order valence-corrected chi connectivity index (χ3v) is 6.24. The number of halogens is 1. The lowest BCUT2D eigenvalue weighted by Crippen LogP contribution is -2.31. The van der Waals surface area contributed by atoms with Crippen LogP contribution in [0, 0.1) is 6.92 Å². The second-order valence-electron chi connectivity index (χ2n) is 8.03. The second-order valence-corrected chi connectivity index (χ2v) is 8.44. The summed E-state index contributed by atoms with van der Waals surface area (Å²) in [7, 11) is 0. The third-order valence-electron chi connectivity index (χ3n) is 5.84. The normalized spacial score (nSPS) is 15.0. The number of aromatic amines is 1. The number of H-pyrrole nitrogens is 1. The minimum Gasteiger partial charge on any atom is -0.507 e. The molecule has 3 N–H and O–H groups in total. The number of ether oxygens (including phenoxy) is 2. The van der Waals surface area contributed by atoms with Gasteiger partial charge in [0, 0.05) is 29.3 Å². The predicted octanol–water partition coefficient (Wildman–Crippen LogP) is 4.47. The maximum absolute atomic E-state index is 13.3. The number of aliphatic hydroxyl groups excluding tert-OH is 1. The SMILES string of the molecule is CCOc1ccc([C@@H]2c3c(-c4cc(Cl)c(C)cc4O)n[nH]c3C(=O)N2CCCO)cc1OCC. The number of aromatic hydroxyl groups is 1. The van der Waals surface area contributed by atoms with Crippen LogP contribution in [0.15, 0.2) is 30.3 Å². The van der Waals surface area contributed by atoms with Gasteiger partial charge in [0.2, 0.25) is 0 Å². The number of aromatic nitrogens is 2. The topological polar surface area (TPSA) is 108 Å². The molecule has 1 aliphatic heterocycles. The van der Waals surface area contributed by atoms with Gasteiger partial charge in [-0.25, -0.2) is 0 Å². The Kier molecular flexibility index (Phi) is 7.00. The molecule has 1 aromatic heterocycles. The van der Waals surface area contributed by atoms with Crippen LogP contribution < -0.4 is 9.47 Å². The Labute approximate surface area is 203 Å². The molecule has 34 heavy (non-hydrogen) atoms. The summed E-state index contributed by atoms with van der Waals surface area (Å²) in [6, 6.07) is 8.33. The van der Waals surface area contributed by atoms with Crippen molar-refractivity contribution in [1.29, 1.82) is 0 Å². The largest absolute Gasteiger partial charge is 0.507 e. The zero-order chi connectivity index (χ0) is 24.4. The molecule has 0 saturated carbocycles. The molecule has 0 fully saturated rings. The van der Waals surface area contributed by atoms with Crippen LogP contribution in [0.2, 0.25) is 5.02 Å². The molecule has 2 heterocycles. The molecule has 180 valence electrons. The number of phenols is 1. The highest BCUT2D eigenvalue weighted by atomic mass is 35.5. The van der Waals surface area contributed by atoms with Gasteiger partial charge in [-0.2, -0.15) is 5.10 Å². The third kappa shape index (κ3) is 4.19. The van der Waals surface area contributed by atoms with E-state index in [-0.39, 0.29) is 18.3 Å². The Bertz CT molecular complexity index is 1210. The summed E-state index contributed by atoms with van der Waals surface area (Å²) in [4.78, 5) is 15.0. The molecule has 9 heteroatoms. The molecular formula is C25H28ClN3O5. The average molecular weight is 486 g/mol. The molecule has 1 aliphatic rings. The number of fused-ring (bicyclic) bond motifs is 1. The number of hydrogen-bond acceptors (Lipinski definition) is 6. The number of carbonyl (C=O) groups excluding carboxylic acids is 1. The van der Waals surface area contributed by atoms with Crippen molar-refractivity contribution in [2.75, 3.05) is 26.4 Å². The number of aliphatic hydroxyl groups is 1. The van der Waals surface area contributed by atoms with E-state index < -0.39 is 6.04 Å². The van der Waals surface area contributed by atoms with Gasteiger partial charge < -0.3 is 24.6 Å². The van der Waals surface area contributed by atoms with Gasteiger partial charge in [0.25, 0.3) is 5.91 Å². The van der Waals surface area contributed by atoms with Crippen molar-refractivity contribution in [1.82, 2.24) is 15.1 Å². The van der Waals surface area contributed by atoms with Gasteiger partial charge in [0.1, 0.15) is 17.1 Å². The first kappa shape index (κ1) is 23.9. The fraction of sp³-hybridized carbons (Fsp3) is 0.360. The number of aryl methyl sites for hydroxylation is 1. The van der Waals surface area contributed by atoms with Crippen molar-refractivity contribution < 1.29 is 24.5 Å². The maximum Gasteiger partial charge on any atom is 0.273 e. The molecule has 0 saturated heterocycles. The van der Waals surface area contributed by atoms with E-state index in [0.29, 0.717) is 65.2 Å². The molecule has 1 atom stereocenters. The van der Waals surface area contributed by atoms with Gasteiger partial charge in [-0.3, -0.25) is 9.89 Å². The highest BCUT2D eigenvalue weighted by molar-refractivity contribution is 6.31. The average Bonchev–Trinajstić information content (AvgIpc) is 3.35. The van der Waals surface area contributed by atoms with E-state index in [1.54, 1.807) is 24.0 Å². The van der Waals surface area contributed by atoms with Gasteiger partial charge in [0.05, 0.1) is 19.3 Å². The van der Waals surface area contributed by atoms with Crippen molar-refractivity contribution in [3.05, 3.63) is 57.7 Å². The lowest BCUT2D eigenvalue weighted by Gasteiger charge is -2.27. The van der Waals surface area contributed by atoms with Crippen LogP contribution in [-0.4, -0.2) is 57.6 Å². The minimum absolute atomic E-state index is 0.0258. The van der Waals surface area contributed by atoms with E-state index in [1.165, 1.54) is 0 Å². The van der Waals surface area contributed by atoms with Gasteiger partial charge in [-0.1, -0.05) is 17.7 Å². The van der Waals surface area contributed by atoms with E-state index in [4.69, 9.17) is 21.1 Å². The molecule has 2 aromatic carbocycles. The Hall–Kier alpha value is -3.23. The highest BCUT2D eigenvalue weighted by Gasteiger charge is 2.42. The Morgan fingerprint density at radius 3 is 2.59 bits per heavy atom. The van der Waals surface area contributed by atoms with Crippen molar-refractivity contribution in [2.24, 2.45) is 0 Å². The first-order valence-corrected chi connectivity index (χ1v) is 11.7. The van der Waals surface area contributed by atoms with E-state index in [2.05, 4.69) is 10.2 Å². The molecule has 1 amide bonds. The fourth-order valence-electron chi connectivity index (χ4n) is 4.31. The number of hydrogen-bond donors (Lipinski definition) is 3. The summed E-state index contributed by atoms with van der Waals surface area (Å²) < 4.78 is 11.5. The van der Waals surface area contributed by atoms with Crippen molar-refractivity contribution in [3.63, 3.8) is 0 Å². The molecule has 0 radical (unpaired) electrons. The van der Waals surface area contributed by atoms with Gasteiger partial charge >= 0.3 is 0 Å². The summed E-state index contributed by atoms with van der Waals surface area (Å²) in [5.41, 5.74) is 3.42. The first-order valence-electron chi connectivity index (χ1n) is 11.3. The Morgan fingerprint density at radius 1 is 1.15 bits per heavy atom. The zero-order valence-electron chi connectivity index (χ0n) is 19.4. The van der Waals surface area contributed by atoms with E-state index >= 15 is 0 Å². The fourth-order valence-corrected chi connectivity index (χ4v) is 4.48. The highest BCUT2D eigenvalue weighted by Crippen LogP contribution is 2.46. The number of carbonyl (C=O) groups is 1. The molecule has 0 bridgehead atoms. The predicted molar refractivity (Wildman–Crippen MR) is 129 cm³/mol. The van der Waals surface area contributed by atoms with Crippen molar-refractivity contribution >= 4 is 17.5 Å². The second kappa shape index (κ2) is 9.95. The summed E-state index contributed by atoms with van der Waals surface area (Å²) in [5, 5.41) is 27.8. The standard InChI is InChI=1S/C25H28ClN3O5/c1-4-33-19-8-7-15(12-20(19)34-5-2)24-21-22(16-13-17(26)14(3)11-18(16)31)27-28-23(21)25(32)29(24)9-6-10-30/h7-8,11-13,24,30-31H,4-6,9-10H2,1-3H3,(H,27,28)/t24-/m1/s1. The lowest BCUT2D eigenvalue weighted by molar-refractivity contribution is 0.0732. The smallest absolute Gasteiger partial charge is 0.273 e. The summed E-state index contributed by atoms with van der Waals surface area (Å²) >= 11 is 6.35. The van der Waals surface area contributed by atoms with Gasteiger partial charge in [0.15, 0.2) is 11.5 Å². The summed E-state index contributed by atoms with van der Waals surface area (Å²) in [6.07, 6.45) is 0.423. The van der Waals surface area contributed by atoms with Crippen LogP contribution in [0.5, 0.6) is 17.2 Å². The molecule has 8 nitrogen and oxygen atoms in total. The quantitative estimate of drug-likeness (QED) is 0.412. The van der Waals surface area contributed by atoms with Crippen molar-refractivity contribution in [3.8, 4) is 28.5 Å². The maximum atomic E-state index is 13.3. The van der Waals surface area contributed by atoms with Crippen LogP contribution in [-0.2, 0) is 0 Å². The number of rotatable bonds is 9. The van der Waals surface area contributed by atoms with E-state index in [1.807, 2.05) is 32.0 Å². The molecule has 4 rings (SSSR count). The molecule has 0 aliphatic carbocycles. The lowest BCUT2D eigenvalue weighted by atomic mass is 9.95. The van der Waals surface area contributed by atoms with E-state index in [0.717, 1.165) is 11.1 Å². The zero-order valence-corrected chi connectivity index (χ0v) is 20.1. The molecule has 0 spiro atoms. The summed E-state index contributed by atoms with van der Waals surface area (Å²) in [5.74, 6) is 1.00. The van der Waals surface area contributed by atoms with Gasteiger partial charge in [-0.05, 0) is 62.6 Å². The minimum atomic E-state index is -0.503. The Balaban J connectivity index is 1.89. The Morgan fingerprint density at radius 2 is 1.88 bits per heavy atom. The number of phenolic OH excluding ortho intramolecular Hbond substituents is 1. The van der Waals surface area contributed by atoms with Crippen LogP contribution >= 0.6 is 11.6 Å². The van der Waals surface area contributed by atoms with Crippen molar-refractivity contribution in [2.45, 2.75) is 33.2 Å². The number of nitrogens with zero attached hydrogens (tertiary/aromatic N) is 2. The van der Waals surface area contributed by atoms with E-state index in [9.17, 15) is 15.0 Å². The van der Waals surface area contributed by atoms with Crippen LogP contribution in [0.3, 0.4) is 0 Å². The van der Waals surface area contributed by atoms with Crippen LogP contribution in [0.1, 0.15) is 53.5 Å². The molecule has 3 aromatic rings. The van der Waals surface area contributed by atoms with Crippen LogP contribution in [0.25, 0.3) is 11.3 Å². The monoisotopic (exact) mass is 485 g/mol.